The smallest absolute Gasteiger partial charge is 0.119 e. The first-order valence-electron chi connectivity index (χ1n) is 4.58. The highest BCUT2D eigenvalue weighted by Gasteiger charge is 1.93. The van der Waals surface area contributed by atoms with Crippen molar-refractivity contribution in [1.82, 2.24) is 0 Å². The number of unbranched alkanes of at least 4 members (excludes halogenated alkanes) is 2. The number of halogens is 1. The summed E-state index contributed by atoms with van der Waals surface area (Å²) in [4.78, 5) is 0. The van der Waals surface area contributed by atoms with Crippen molar-refractivity contribution in [3.63, 3.8) is 0 Å². The molecule has 2 nitrogen and oxygen atoms in total. The molecule has 0 atom stereocenters. The summed E-state index contributed by atoms with van der Waals surface area (Å²) >= 11 is 3.36. The summed E-state index contributed by atoms with van der Waals surface area (Å²) in [7, 11) is 0. The third-order valence-electron chi connectivity index (χ3n) is 1.77. The molecular formula is C11H12BrNO. The van der Waals surface area contributed by atoms with Gasteiger partial charge < -0.3 is 4.74 Å². The summed E-state index contributed by atoms with van der Waals surface area (Å²) in [5.41, 5.74) is 0. The van der Waals surface area contributed by atoms with Gasteiger partial charge in [-0.2, -0.15) is 5.26 Å². The van der Waals surface area contributed by atoms with Crippen LogP contribution in [0.15, 0.2) is 28.7 Å². The van der Waals surface area contributed by atoms with Gasteiger partial charge in [0.1, 0.15) is 5.75 Å². The van der Waals surface area contributed by atoms with Gasteiger partial charge in [-0.25, -0.2) is 0 Å². The minimum atomic E-state index is 0.615. The molecule has 0 spiro atoms. The molecule has 0 saturated carbocycles. The van der Waals surface area contributed by atoms with E-state index in [4.69, 9.17) is 10.00 Å². The van der Waals surface area contributed by atoms with Crippen LogP contribution in [0.25, 0.3) is 0 Å². The van der Waals surface area contributed by atoms with Crippen LogP contribution < -0.4 is 4.74 Å². The lowest BCUT2D eigenvalue weighted by Crippen LogP contribution is -1.96. The molecule has 0 unspecified atom stereocenters. The first-order chi connectivity index (χ1) is 6.83. The average Bonchev–Trinajstić information content (AvgIpc) is 2.21. The highest BCUT2D eigenvalue weighted by molar-refractivity contribution is 9.10. The lowest BCUT2D eigenvalue weighted by molar-refractivity contribution is 0.307. The van der Waals surface area contributed by atoms with E-state index >= 15 is 0 Å². The van der Waals surface area contributed by atoms with Crippen molar-refractivity contribution in [3.05, 3.63) is 28.7 Å². The van der Waals surface area contributed by atoms with E-state index in [1.54, 1.807) is 0 Å². The predicted molar refractivity (Wildman–Crippen MR) is 59.1 cm³/mol. The molecule has 0 aliphatic heterocycles. The summed E-state index contributed by atoms with van der Waals surface area (Å²) in [6.45, 7) is 0.684. The number of rotatable bonds is 5. The van der Waals surface area contributed by atoms with E-state index in [2.05, 4.69) is 22.0 Å². The van der Waals surface area contributed by atoms with Crippen LogP contribution in [0.2, 0.25) is 0 Å². The van der Waals surface area contributed by atoms with Gasteiger partial charge in [0.25, 0.3) is 0 Å². The highest BCUT2D eigenvalue weighted by Crippen LogP contribution is 2.16. The molecule has 0 heterocycles. The molecule has 3 heteroatoms. The van der Waals surface area contributed by atoms with E-state index in [0.29, 0.717) is 13.0 Å². The fourth-order valence-corrected chi connectivity index (χ4v) is 1.29. The summed E-state index contributed by atoms with van der Waals surface area (Å²) in [6.07, 6.45) is 2.46. The molecule has 1 rings (SSSR count). The van der Waals surface area contributed by atoms with Crippen LogP contribution in [0.3, 0.4) is 0 Å². The van der Waals surface area contributed by atoms with Crippen molar-refractivity contribution in [2.75, 3.05) is 6.61 Å². The van der Waals surface area contributed by atoms with Crippen LogP contribution in [0.1, 0.15) is 19.3 Å². The maximum atomic E-state index is 8.32. The van der Waals surface area contributed by atoms with Gasteiger partial charge in [-0.15, -0.1) is 0 Å². The molecule has 0 saturated heterocycles. The average molecular weight is 254 g/mol. The van der Waals surface area contributed by atoms with Crippen LogP contribution in [-0.4, -0.2) is 6.61 Å². The third-order valence-corrected chi connectivity index (χ3v) is 2.29. The highest BCUT2D eigenvalue weighted by atomic mass is 79.9. The number of hydrogen-bond donors (Lipinski definition) is 0. The summed E-state index contributed by atoms with van der Waals surface area (Å²) in [5.74, 6) is 0.880. The maximum absolute atomic E-state index is 8.32. The molecule has 74 valence electrons. The fraction of sp³-hybridized carbons (Fsp3) is 0.364. The van der Waals surface area contributed by atoms with Gasteiger partial charge in [-0.3, -0.25) is 0 Å². The van der Waals surface area contributed by atoms with Crippen molar-refractivity contribution in [3.8, 4) is 11.8 Å². The molecule has 14 heavy (non-hydrogen) atoms. The topological polar surface area (TPSA) is 33.0 Å². The summed E-state index contributed by atoms with van der Waals surface area (Å²) in [5, 5.41) is 8.32. The Labute approximate surface area is 92.6 Å². The van der Waals surface area contributed by atoms with Crippen molar-refractivity contribution in [2.24, 2.45) is 0 Å². The molecule has 0 aromatic heterocycles. The number of nitrogens with zero attached hydrogens (tertiary/aromatic N) is 1. The number of hydrogen-bond acceptors (Lipinski definition) is 2. The first-order valence-corrected chi connectivity index (χ1v) is 5.37. The summed E-state index contributed by atoms with van der Waals surface area (Å²) in [6, 6.07) is 9.86. The maximum Gasteiger partial charge on any atom is 0.119 e. The van der Waals surface area contributed by atoms with Gasteiger partial charge in [0.2, 0.25) is 0 Å². The lowest BCUT2D eigenvalue weighted by atomic mass is 10.2. The van der Waals surface area contributed by atoms with Gasteiger partial charge in [0.05, 0.1) is 12.7 Å². The predicted octanol–water partition coefficient (Wildman–Crippen LogP) is 3.52. The van der Waals surface area contributed by atoms with E-state index in [-0.39, 0.29) is 0 Å². The molecular weight excluding hydrogens is 242 g/mol. The van der Waals surface area contributed by atoms with Crippen molar-refractivity contribution in [2.45, 2.75) is 19.3 Å². The van der Waals surface area contributed by atoms with Crippen LogP contribution in [-0.2, 0) is 0 Å². The standard InChI is InChI=1S/C11H12BrNO/c12-10-4-6-11(7-5-10)14-9-3-1-2-8-13/h4-7H,1-3,9H2. The fourth-order valence-electron chi connectivity index (χ4n) is 1.03. The zero-order chi connectivity index (χ0) is 10.2. The van der Waals surface area contributed by atoms with E-state index in [1.165, 1.54) is 0 Å². The van der Waals surface area contributed by atoms with E-state index < -0.39 is 0 Å². The minimum absolute atomic E-state index is 0.615. The molecule has 1 aromatic rings. The van der Waals surface area contributed by atoms with Gasteiger partial charge in [0.15, 0.2) is 0 Å². The molecule has 0 fully saturated rings. The Morgan fingerprint density at radius 3 is 2.57 bits per heavy atom. The summed E-state index contributed by atoms with van der Waals surface area (Å²) < 4.78 is 6.53. The van der Waals surface area contributed by atoms with Gasteiger partial charge in [0, 0.05) is 10.9 Å². The zero-order valence-electron chi connectivity index (χ0n) is 7.87. The SMILES string of the molecule is N#CCCCCOc1ccc(Br)cc1. The normalized spacial score (nSPS) is 9.43. The van der Waals surface area contributed by atoms with Crippen molar-refractivity contribution >= 4 is 15.9 Å². The molecule has 0 bridgehead atoms. The van der Waals surface area contributed by atoms with E-state index in [1.807, 2.05) is 24.3 Å². The largest absolute Gasteiger partial charge is 0.494 e. The van der Waals surface area contributed by atoms with Gasteiger partial charge >= 0.3 is 0 Å². The van der Waals surface area contributed by atoms with E-state index in [9.17, 15) is 0 Å². The second-order valence-electron chi connectivity index (χ2n) is 2.92. The van der Waals surface area contributed by atoms with Crippen LogP contribution >= 0.6 is 15.9 Å². The Bertz CT molecular complexity index is 302. The Balaban J connectivity index is 2.19. The second kappa shape index (κ2) is 6.44. The molecule has 0 aliphatic carbocycles. The Morgan fingerprint density at radius 2 is 1.93 bits per heavy atom. The number of benzene rings is 1. The van der Waals surface area contributed by atoms with Crippen LogP contribution in [0.5, 0.6) is 5.75 Å². The molecule has 0 N–H and O–H groups in total. The van der Waals surface area contributed by atoms with Gasteiger partial charge in [-0.05, 0) is 37.1 Å². The third kappa shape index (κ3) is 4.29. The monoisotopic (exact) mass is 253 g/mol. The minimum Gasteiger partial charge on any atom is -0.494 e. The first kappa shape index (κ1) is 11.1. The number of ether oxygens (including phenoxy) is 1. The van der Waals surface area contributed by atoms with Crippen molar-refractivity contribution < 1.29 is 4.74 Å². The number of nitriles is 1. The molecule has 0 radical (unpaired) electrons. The Morgan fingerprint density at radius 1 is 1.21 bits per heavy atom. The molecule has 0 amide bonds. The Hall–Kier alpha value is -1.01. The Kier molecular flexibility index (Phi) is 5.09. The van der Waals surface area contributed by atoms with Crippen molar-refractivity contribution in [1.29, 1.82) is 5.26 Å². The van der Waals surface area contributed by atoms with E-state index in [0.717, 1.165) is 23.1 Å². The molecule has 0 aliphatic rings. The zero-order valence-corrected chi connectivity index (χ0v) is 9.46. The quantitative estimate of drug-likeness (QED) is 0.753. The second-order valence-corrected chi connectivity index (χ2v) is 3.83. The van der Waals surface area contributed by atoms with Crippen LogP contribution in [0.4, 0.5) is 0 Å². The van der Waals surface area contributed by atoms with Gasteiger partial charge in [-0.1, -0.05) is 15.9 Å². The molecule has 1 aromatic carbocycles. The van der Waals surface area contributed by atoms with Crippen LogP contribution in [0, 0.1) is 11.3 Å². The lowest BCUT2D eigenvalue weighted by Gasteiger charge is -2.04.